The molecule has 9 nitrogen and oxygen atoms in total. The molecule has 4 rings (SSSR count). The van der Waals surface area contributed by atoms with Gasteiger partial charge in [-0.15, -0.1) is 0 Å². The molecule has 156 valence electrons. The fourth-order valence-corrected chi connectivity index (χ4v) is 3.98. The molecule has 30 heavy (non-hydrogen) atoms. The molecule has 0 fully saturated rings. The Kier molecular flexibility index (Phi) is 5.32. The van der Waals surface area contributed by atoms with E-state index in [2.05, 4.69) is 10.3 Å². The molecule has 1 aliphatic rings. The number of ether oxygens (including phenoxy) is 2. The minimum absolute atomic E-state index is 0.0778. The highest BCUT2D eigenvalue weighted by Crippen LogP contribution is 2.36. The molecule has 1 amide bonds. The molecule has 0 spiro atoms. The van der Waals surface area contributed by atoms with Gasteiger partial charge in [-0.05, 0) is 23.8 Å². The number of amides is 1. The minimum atomic E-state index is -3.69. The van der Waals surface area contributed by atoms with Gasteiger partial charge < -0.3 is 19.4 Å². The van der Waals surface area contributed by atoms with Crippen molar-refractivity contribution in [2.75, 3.05) is 23.9 Å². The highest BCUT2D eigenvalue weighted by atomic mass is 32.2. The molecule has 1 aromatic heterocycles. The number of carbonyl (C=O) groups is 1. The van der Waals surface area contributed by atoms with E-state index in [4.69, 9.17) is 9.47 Å². The van der Waals surface area contributed by atoms with Crippen LogP contribution in [0, 0.1) is 0 Å². The number of hydrogen-bond donors (Lipinski definition) is 1. The van der Waals surface area contributed by atoms with Gasteiger partial charge >= 0.3 is 0 Å². The fraction of sp³-hybridized carbons (Fsp3) is 0.200. The number of anilines is 1. The molecule has 0 saturated carbocycles. The van der Waals surface area contributed by atoms with Crippen molar-refractivity contribution >= 4 is 21.6 Å². The molecule has 2 aromatic carbocycles. The van der Waals surface area contributed by atoms with Crippen LogP contribution in [0.2, 0.25) is 0 Å². The summed E-state index contributed by atoms with van der Waals surface area (Å²) < 4.78 is 38.1. The number of nitrogens with one attached hydrogen (secondary N) is 1. The third-order valence-electron chi connectivity index (χ3n) is 4.58. The van der Waals surface area contributed by atoms with Crippen LogP contribution in [0.1, 0.15) is 5.56 Å². The Morgan fingerprint density at radius 1 is 1.20 bits per heavy atom. The maximum atomic E-state index is 12.6. The maximum Gasteiger partial charge on any atom is 0.241 e. The van der Waals surface area contributed by atoms with Crippen molar-refractivity contribution in [2.45, 2.75) is 6.54 Å². The fourth-order valence-electron chi connectivity index (χ4n) is 3.13. The van der Waals surface area contributed by atoms with Crippen molar-refractivity contribution in [3.63, 3.8) is 0 Å². The number of para-hydroxylation sites is 1. The first kappa shape index (κ1) is 19.8. The van der Waals surface area contributed by atoms with E-state index < -0.39 is 15.9 Å². The van der Waals surface area contributed by atoms with Gasteiger partial charge in [0, 0.05) is 25.0 Å². The van der Waals surface area contributed by atoms with Crippen LogP contribution in [-0.2, 0) is 21.4 Å². The summed E-state index contributed by atoms with van der Waals surface area (Å²) in [6.45, 7) is -0.0356. The van der Waals surface area contributed by atoms with Crippen molar-refractivity contribution in [3.8, 4) is 17.2 Å². The van der Waals surface area contributed by atoms with E-state index in [1.54, 1.807) is 30.7 Å². The molecule has 0 saturated heterocycles. The molecule has 10 heteroatoms. The molecule has 0 bridgehead atoms. The van der Waals surface area contributed by atoms with Crippen LogP contribution in [0.5, 0.6) is 11.5 Å². The summed E-state index contributed by atoms with van der Waals surface area (Å²) in [5, 5.41) is 2.79. The van der Waals surface area contributed by atoms with Gasteiger partial charge in [-0.25, -0.2) is 13.4 Å². The quantitative estimate of drug-likeness (QED) is 0.614. The number of carbonyl (C=O) groups excluding carboxylic acids is 1. The lowest BCUT2D eigenvalue weighted by molar-refractivity contribution is -0.119. The number of hydrogen-bond acceptors (Lipinski definition) is 6. The summed E-state index contributed by atoms with van der Waals surface area (Å²) in [4.78, 5) is 16.6. The maximum absolute atomic E-state index is 12.6. The Labute approximate surface area is 173 Å². The van der Waals surface area contributed by atoms with Crippen LogP contribution in [0.15, 0.2) is 61.2 Å². The van der Waals surface area contributed by atoms with Crippen LogP contribution in [0.4, 0.5) is 5.69 Å². The first-order valence-electron chi connectivity index (χ1n) is 9.12. The highest BCUT2D eigenvalue weighted by Gasteiger charge is 2.23. The van der Waals surface area contributed by atoms with Gasteiger partial charge in [-0.2, -0.15) is 0 Å². The lowest BCUT2D eigenvalue weighted by Crippen LogP contribution is -2.40. The lowest BCUT2D eigenvalue weighted by Gasteiger charge is -2.22. The predicted octanol–water partition coefficient (Wildman–Crippen LogP) is 1.68. The van der Waals surface area contributed by atoms with Gasteiger partial charge in [0.1, 0.15) is 6.54 Å². The van der Waals surface area contributed by atoms with E-state index in [9.17, 15) is 13.2 Å². The average Bonchev–Trinajstić information content (AvgIpc) is 3.41. The molecular weight excluding hydrogens is 408 g/mol. The lowest BCUT2D eigenvalue weighted by atomic mass is 10.1. The minimum Gasteiger partial charge on any atom is -0.454 e. The third-order valence-corrected chi connectivity index (χ3v) is 5.72. The average molecular weight is 428 g/mol. The number of aromatic nitrogens is 2. The van der Waals surface area contributed by atoms with Crippen molar-refractivity contribution in [1.82, 2.24) is 14.9 Å². The van der Waals surface area contributed by atoms with E-state index in [0.29, 0.717) is 17.2 Å². The molecule has 0 atom stereocenters. The smallest absolute Gasteiger partial charge is 0.241 e. The number of imidazole rings is 1. The van der Waals surface area contributed by atoms with Crippen molar-refractivity contribution < 1.29 is 22.7 Å². The Morgan fingerprint density at radius 3 is 2.77 bits per heavy atom. The first-order chi connectivity index (χ1) is 14.4. The number of benzene rings is 2. The molecule has 1 N–H and O–H groups in total. The second-order valence-corrected chi connectivity index (χ2v) is 8.59. The zero-order chi connectivity index (χ0) is 21.1. The van der Waals surface area contributed by atoms with E-state index in [1.165, 1.54) is 0 Å². The summed E-state index contributed by atoms with van der Waals surface area (Å²) in [6.07, 6.45) is 6.21. The first-order valence-corrected chi connectivity index (χ1v) is 11.0. The molecule has 2 heterocycles. The second kappa shape index (κ2) is 8.07. The summed E-state index contributed by atoms with van der Waals surface area (Å²) in [5.74, 6) is 0.544. The zero-order valence-corrected chi connectivity index (χ0v) is 17.0. The third kappa shape index (κ3) is 4.23. The standard InChI is InChI=1S/C20H20N4O5S/c1-30(26,27)24(16-6-7-18-19(10-16)29-14-28-18)12-20(25)22-11-15-4-2-3-5-17(15)23-9-8-21-13-23/h2-10,13H,11-12,14H2,1H3,(H,22,25). The Balaban J connectivity index is 1.48. The monoisotopic (exact) mass is 428 g/mol. The van der Waals surface area contributed by atoms with Gasteiger partial charge in [-0.1, -0.05) is 18.2 Å². The van der Waals surface area contributed by atoms with E-state index in [0.717, 1.165) is 21.8 Å². The second-order valence-electron chi connectivity index (χ2n) is 6.68. The van der Waals surface area contributed by atoms with E-state index in [-0.39, 0.29) is 19.9 Å². The summed E-state index contributed by atoms with van der Waals surface area (Å²) in [5.41, 5.74) is 2.08. The molecular formula is C20H20N4O5S. The van der Waals surface area contributed by atoms with E-state index >= 15 is 0 Å². The van der Waals surface area contributed by atoms with Crippen LogP contribution in [0.25, 0.3) is 5.69 Å². The zero-order valence-electron chi connectivity index (χ0n) is 16.2. The Morgan fingerprint density at radius 2 is 2.00 bits per heavy atom. The number of rotatable bonds is 7. The molecule has 0 radical (unpaired) electrons. The van der Waals surface area contributed by atoms with Gasteiger partial charge in [-0.3, -0.25) is 9.10 Å². The van der Waals surface area contributed by atoms with Gasteiger partial charge in [0.25, 0.3) is 0 Å². The number of sulfonamides is 1. The summed E-state index contributed by atoms with van der Waals surface area (Å²) in [7, 11) is -3.69. The highest BCUT2D eigenvalue weighted by molar-refractivity contribution is 7.92. The van der Waals surface area contributed by atoms with E-state index in [1.807, 2.05) is 35.0 Å². The van der Waals surface area contributed by atoms with Crippen molar-refractivity contribution in [3.05, 3.63) is 66.7 Å². The largest absolute Gasteiger partial charge is 0.454 e. The topological polar surface area (TPSA) is 103 Å². The summed E-state index contributed by atoms with van der Waals surface area (Å²) in [6, 6.07) is 12.3. The molecule has 1 aliphatic heterocycles. The summed E-state index contributed by atoms with van der Waals surface area (Å²) >= 11 is 0. The van der Waals surface area contributed by atoms with Crippen LogP contribution in [0.3, 0.4) is 0 Å². The van der Waals surface area contributed by atoms with Crippen molar-refractivity contribution in [2.24, 2.45) is 0 Å². The normalized spacial score (nSPS) is 12.6. The SMILES string of the molecule is CS(=O)(=O)N(CC(=O)NCc1ccccc1-n1ccnc1)c1ccc2c(c1)OCO2. The number of nitrogens with zero attached hydrogens (tertiary/aromatic N) is 3. The molecule has 0 aliphatic carbocycles. The van der Waals surface area contributed by atoms with Crippen LogP contribution >= 0.6 is 0 Å². The van der Waals surface area contributed by atoms with Crippen LogP contribution in [-0.4, -0.2) is 43.5 Å². The van der Waals surface area contributed by atoms with Gasteiger partial charge in [0.15, 0.2) is 11.5 Å². The number of fused-ring (bicyclic) bond motifs is 1. The van der Waals surface area contributed by atoms with Crippen LogP contribution < -0.4 is 19.1 Å². The molecule has 0 unspecified atom stereocenters. The van der Waals surface area contributed by atoms with Gasteiger partial charge in [0.05, 0.1) is 24.0 Å². The Hall–Kier alpha value is -3.53. The Bertz CT molecular complexity index is 1160. The van der Waals surface area contributed by atoms with Crippen molar-refractivity contribution in [1.29, 1.82) is 0 Å². The van der Waals surface area contributed by atoms with Gasteiger partial charge in [0.2, 0.25) is 22.7 Å². The molecule has 3 aromatic rings. The predicted molar refractivity (Wildman–Crippen MR) is 110 cm³/mol.